The number of hydrazone groups is 1. The molecule has 1 aromatic heterocycles. The topological polar surface area (TPSA) is 102 Å². The highest BCUT2D eigenvalue weighted by Gasteiger charge is 2.34. The first kappa shape index (κ1) is 30.9. The first-order valence-electron chi connectivity index (χ1n) is 14.0. The molecule has 1 amide bonds. The lowest BCUT2D eigenvalue weighted by Crippen LogP contribution is -2.19. The van der Waals surface area contributed by atoms with Crippen molar-refractivity contribution < 1.29 is 37.0 Å². The lowest BCUT2D eigenvalue weighted by molar-refractivity contribution is -0.136. The summed E-state index contributed by atoms with van der Waals surface area (Å²) in [5.41, 5.74) is 2.63. The predicted octanol–water partition coefficient (Wildman–Crippen LogP) is 7.63. The van der Waals surface area contributed by atoms with Crippen LogP contribution >= 0.6 is 0 Å². The Morgan fingerprint density at radius 2 is 1.56 bits per heavy atom. The van der Waals surface area contributed by atoms with Gasteiger partial charge in [0.1, 0.15) is 11.4 Å². The number of esters is 1. The Kier molecular flexibility index (Phi) is 9.17. The van der Waals surface area contributed by atoms with Crippen LogP contribution in [0.2, 0.25) is 0 Å². The van der Waals surface area contributed by atoms with Crippen LogP contribution in [0.5, 0.6) is 17.2 Å². The van der Waals surface area contributed by atoms with Crippen molar-refractivity contribution in [3.63, 3.8) is 0 Å². The normalized spacial score (nSPS) is 11.5. The van der Waals surface area contributed by atoms with Gasteiger partial charge in [0.2, 0.25) is 0 Å². The maximum Gasteiger partial charge on any atom is 0.418 e. The van der Waals surface area contributed by atoms with Gasteiger partial charge in [-0.3, -0.25) is 4.79 Å². The maximum atomic E-state index is 13.8. The van der Waals surface area contributed by atoms with Crippen LogP contribution in [0, 0.1) is 0 Å². The molecule has 11 heteroatoms. The number of hydrogen-bond donors (Lipinski definition) is 2. The second-order valence-electron chi connectivity index (χ2n) is 9.62. The van der Waals surface area contributed by atoms with E-state index in [1.54, 1.807) is 66.7 Å². The molecule has 0 saturated heterocycles. The number of ether oxygens (including phenoxy) is 3. The number of benzene rings is 4. The van der Waals surface area contributed by atoms with Crippen LogP contribution in [-0.2, 0) is 6.18 Å². The Morgan fingerprint density at radius 1 is 0.844 bits per heavy atom. The molecule has 230 valence electrons. The monoisotopic (exact) mass is 615 g/mol. The molecule has 0 unspecified atom stereocenters. The molecule has 0 aliphatic heterocycles. The van der Waals surface area contributed by atoms with E-state index in [-0.39, 0.29) is 27.9 Å². The number of H-pyrrole nitrogens is 1. The molecule has 1 heterocycles. The van der Waals surface area contributed by atoms with Gasteiger partial charge in [-0.15, -0.1) is 0 Å². The Balaban J connectivity index is 1.40. The molecule has 0 saturated carbocycles. The predicted molar refractivity (Wildman–Crippen MR) is 164 cm³/mol. The molecule has 45 heavy (non-hydrogen) atoms. The van der Waals surface area contributed by atoms with E-state index >= 15 is 0 Å². The summed E-state index contributed by atoms with van der Waals surface area (Å²) in [4.78, 5) is 29.0. The molecular weight excluding hydrogens is 587 g/mol. The van der Waals surface area contributed by atoms with Crippen LogP contribution in [0.3, 0.4) is 0 Å². The number of carbonyl (C=O) groups is 2. The number of fused-ring (bicyclic) bond motifs is 1. The number of nitrogens with zero attached hydrogens (tertiary/aromatic N) is 1. The number of para-hydroxylation sites is 2. The van der Waals surface area contributed by atoms with Gasteiger partial charge in [0.15, 0.2) is 11.5 Å². The van der Waals surface area contributed by atoms with Gasteiger partial charge in [0.05, 0.1) is 36.1 Å². The lowest BCUT2D eigenvalue weighted by Gasteiger charge is -2.12. The van der Waals surface area contributed by atoms with Gasteiger partial charge in [-0.1, -0.05) is 54.6 Å². The van der Waals surface area contributed by atoms with Gasteiger partial charge in [0.25, 0.3) is 5.91 Å². The van der Waals surface area contributed by atoms with E-state index in [0.717, 1.165) is 6.07 Å². The molecular formula is C34H28F3N3O5. The fraction of sp³-hybridized carbons (Fsp3) is 0.147. The van der Waals surface area contributed by atoms with Crippen LogP contribution in [0.25, 0.3) is 22.0 Å². The van der Waals surface area contributed by atoms with Gasteiger partial charge in [-0.2, -0.15) is 18.3 Å². The molecule has 0 aliphatic carbocycles. The van der Waals surface area contributed by atoms with Crippen molar-refractivity contribution in [3.05, 3.63) is 113 Å². The summed E-state index contributed by atoms with van der Waals surface area (Å²) in [6.07, 6.45) is -3.36. The Morgan fingerprint density at radius 3 is 2.29 bits per heavy atom. The van der Waals surface area contributed by atoms with E-state index in [0.29, 0.717) is 41.4 Å². The quantitative estimate of drug-likeness (QED) is 0.0728. The minimum Gasteiger partial charge on any atom is -0.490 e. The van der Waals surface area contributed by atoms with Crippen LogP contribution < -0.4 is 19.6 Å². The molecule has 0 fully saturated rings. The molecule has 0 bridgehead atoms. The molecule has 8 nitrogen and oxygen atoms in total. The molecule has 4 aromatic carbocycles. The fourth-order valence-corrected chi connectivity index (χ4v) is 4.76. The van der Waals surface area contributed by atoms with Crippen LogP contribution in [-0.4, -0.2) is 36.3 Å². The minimum absolute atomic E-state index is 0.0923. The van der Waals surface area contributed by atoms with E-state index in [9.17, 15) is 22.8 Å². The van der Waals surface area contributed by atoms with E-state index in [1.165, 1.54) is 24.4 Å². The SMILES string of the molecule is CCOc1ccc(C(=O)Oc2ccccc2C=NNC(=O)c2[nH]c3c(C(F)(F)F)cccc3c2-c2ccccc2)cc1OCC. The summed E-state index contributed by atoms with van der Waals surface area (Å²) < 4.78 is 58.2. The number of aromatic nitrogens is 1. The zero-order chi connectivity index (χ0) is 32.0. The van der Waals surface area contributed by atoms with Gasteiger partial charge in [0, 0.05) is 16.5 Å². The fourth-order valence-electron chi connectivity index (χ4n) is 4.76. The summed E-state index contributed by atoms with van der Waals surface area (Å²) in [5.74, 6) is -0.353. The zero-order valence-electron chi connectivity index (χ0n) is 24.3. The third kappa shape index (κ3) is 6.82. The van der Waals surface area contributed by atoms with Crippen molar-refractivity contribution in [2.45, 2.75) is 20.0 Å². The molecule has 2 N–H and O–H groups in total. The third-order valence-corrected chi connectivity index (χ3v) is 6.70. The molecule has 5 rings (SSSR count). The van der Waals surface area contributed by atoms with Gasteiger partial charge in [-0.05, 0) is 55.8 Å². The molecule has 5 aromatic rings. The van der Waals surface area contributed by atoms with Crippen molar-refractivity contribution >= 4 is 29.0 Å². The second-order valence-corrected chi connectivity index (χ2v) is 9.62. The van der Waals surface area contributed by atoms with Crippen LogP contribution in [0.4, 0.5) is 13.2 Å². The van der Waals surface area contributed by atoms with Crippen molar-refractivity contribution in [1.82, 2.24) is 10.4 Å². The number of aromatic amines is 1. The van der Waals surface area contributed by atoms with E-state index in [4.69, 9.17) is 14.2 Å². The third-order valence-electron chi connectivity index (χ3n) is 6.70. The van der Waals surface area contributed by atoms with Gasteiger partial charge < -0.3 is 19.2 Å². The van der Waals surface area contributed by atoms with Crippen molar-refractivity contribution in [2.75, 3.05) is 13.2 Å². The Hall–Kier alpha value is -5.58. The van der Waals surface area contributed by atoms with Gasteiger partial charge >= 0.3 is 12.1 Å². The minimum atomic E-state index is -4.64. The highest BCUT2D eigenvalue weighted by atomic mass is 19.4. The van der Waals surface area contributed by atoms with E-state index in [2.05, 4.69) is 15.5 Å². The number of hydrogen-bond acceptors (Lipinski definition) is 6. The molecule has 0 radical (unpaired) electrons. The van der Waals surface area contributed by atoms with E-state index < -0.39 is 23.6 Å². The van der Waals surface area contributed by atoms with Crippen LogP contribution in [0.15, 0.2) is 96.1 Å². The summed E-state index contributed by atoms with van der Waals surface area (Å²) >= 11 is 0. The summed E-state index contributed by atoms with van der Waals surface area (Å²) in [6, 6.07) is 23.6. The highest BCUT2D eigenvalue weighted by molar-refractivity contribution is 6.10. The number of amides is 1. The average Bonchev–Trinajstić information content (AvgIpc) is 3.43. The summed E-state index contributed by atoms with van der Waals surface area (Å²) in [6.45, 7) is 4.45. The molecule has 0 spiro atoms. The number of carbonyl (C=O) groups excluding carboxylic acids is 2. The Labute approximate surface area is 256 Å². The van der Waals surface area contributed by atoms with Crippen molar-refractivity contribution in [2.24, 2.45) is 5.10 Å². The number of alkyl halides is 3. The average molecular weight is 616 g/mol. The lowest BCUT2D eigenvalue weighted by atomic mass is 10.0. The maximum absolute atomic E-state index is 13.8. The molecule has 0 atom stereocenters. The highest BCUT2D eigenvalue weighted by Crippen LogP contribution is 2.39. The number of halogens is 3. The summed E-state index contributed by atoms with van der Waals surface area (Å²) in [7, 11) is 0. The first-order valence-corrected chi connectivity index (χ1v) is 14.0. The smallest absolute Gasteiger partial charge is 0.418 e. The zero-order valence-corrected chi connectivity index (χ0v) is 24.3. The van der Waals surface area contributed by atoms with E-state index in [1.807, 2.05) is 13.8 Å². The number of rotatable bonds is 10. The van der Waals surface area contributed by atoms with Gasteiger partial charge in [-0.25, -0.2) is 10.2 Å². The first-order chi connectivity index (χ1) is 21.7. The second kappa shape index (κ2) is 13.4. The largest absolute Gasteiger partial charge is 0.490 e. The standard InChI is InChI=1S/C34H28F3N3O5/c1-3-43-27-18-17-22(19-28(27)44-4-2)33(42)45-26-16-9-8-13-23(26)20-38-40-32(41)31-29(21-11-6-5-7-12-21)24-14-10-15-25(30(24)39-31)34(35,36)37/h5-20,39H,3-4H2,1-2H3,(H,40,41). The van der Waals surface area contributed by atoms with Crippen LogP contribution in [0.1, 0.15) is 45.8 Å². The summed E-state index contributed by atoms with van der Waals surface area (Å²) in [5, 5.41) is 4.25. The number of nitrogens with one attached hydrogen (secondary N) is 2. The molecule has 0 aliphatic rings. The van der Waals surface area contributed by atoms with Crippen molar-refractivity contribution in [3.8, 4) is 28.4 Å². The Bertz CT molecular complexity index is 1870. The van der Waals surface area contributed by atoms with Crippen molar-refractivity contribution in [1.29, 1.82) is 0 Å².